The Labute approximate surface area is 153 Å². The van der Waals surface area contributed by atoms with E-state index in [2.05, 4.69) is 29.4 Å². The van der Waals surface area contributed by atoms with Crippen LogP contribution in [0.5, 0.6) is 5.75 Å². The van der Waals surface area contributed by atoms with Crippen molar-refractivity contribution in [1.82, 2.24) is 20.1 Å². The van der Waals surface area contributed by atoms with Crippen molar-refractivity contribution in [3.63, 3.8) is 0 Å². The Hall–Kier alpha value is -2.70. The van der Waals surface area contributed by atoms with Gasteiger partial charge in [0.15, 0.2) is 6.61 Å². The maximum atomic E-state index is 11.9. The molecule has 0 unspecified atom stereocenters. The second-order valence-electron chi connectivity index (χ2n) is 6.52. The van der Waals surface area contributed by atoms with E-state index in [4.69, 9.17) is 4.74 Å². The third kappa shape index (κ3) is 6.31. The van der Waals surface area contributed by atoms with Gasteiger partial charge in [0, 0.05) is 25.4 Å². The number of amides is 1. The SMILES string of the molecule is CC(=O)CCc1ccc(OCC(=O)NCCn2cnnc2C(C)C)cc1. The summed E-state index contributed by atoms with van der Waals surface area (Å²) in [7, 11) is 0. The lowest BCUT2D eigenvalue weighted by atomic mass is 10.1. The first kappa shape index (κ1) is 19.6. The van der Waals surface area contributed by atoms with Crippen molar-refractivity contribution >= 4 is 11.7 Å². The molecular formula is C19H26N4O3. The van der Waals surface area contributed by atoms with Gasteiger partial charge in [-0.2, -0.15) is 0 Å². The van der Waals surface area contributed by atoms with Gasteiger partial charge in [-0.25, -0.2) is 0 Å². The lowest BCUT2D eigenvalue weighted by Crippen LogP contribution is -2.31. The molecule has 0 fully saturated rings. The predicted molar refractivity (Wildman–Crippen MR) is 98.1 cm³/mol. The molecule has 140 valence electrons. The van der Waals surface area contributed by atoms with Gasteiger partial charge in [0.1, 0.15) is 23.7 Å². The summed E-state index contributed by atoms with van der Waals surface area (Å²) in [6.07, 6.45) is 2.93. The van der Waals surface area contributed by atoms with Crippen LogP contribution in [0.4, 0.5) is 0 Å². The van der Waals surface area contributed by atoms with E-state index < -0.39 is 0 Å². The molecule has 0 atom stereocenters. The van der Waals surface area contributed by atoms with Gasteiger partial charge in [0.2, 0.25) is 0 Å². The molecule has 7 nitrogen and oxygen atoms in total. The first-order valence-electron chi connectivity index (χ1n) is 8.81. The Morgan fingerprint density at radius 1 is 1.23 bits per heavy atom. The summed E-state index contributed by atoms with van der Waals surface area (Å²) in [6, 6.07) is 7.45. The summed E-state index contributed by atoms with van der Waals surface area (Å²) in [6.45, 7) is 6.77. The molecule has 0 bridgehead atoms. The maximum absolute atomic E-state index is 11.9. The van der Waals surface area contributed by atoms with Crippen LogP contribution in [-0.4, -0.2) is 39.6 Å². The van der Waals surface area contributed by atoms with Crippen molar-refractivity contribution in [1.29, 1.82) is 0 Å². The fourth-order valence-electron chi connectivity index (χ4n) is 2.47. The zero-order valence-corrected chi connectivity index (χ0v) is 15.6. The highest BCUT2D eigenvalue weighted by molar-refractivity contribution is 5.77. The topological polar surface area (TPSA) is 86.1 Å². The molecule has 26 heavy (non-hydrogen) atoms. The molecule has 0 aliphatic rings. The van der Waals surface area contributed by atoms with Gasteiger partial charge in [0.25, 0.3) is 5.91 Å². The second kappa shape index (κ2) is 9.70. The highest BCUT2D eigenvalue weighted by Gasteiger charge is 2.09. The van der Waals surface area contributed by atoms with Gasteiger partial charge in [-0.3, -0.25) is 4.79 Å². The van der Waals surface area contributed by atoms with Gasteiger partial charge >= 0.3 is 0 Å². The average Bonchev–Trinajstić information content (AvgIpc) is 3.08. The van der Waals surface area contributed by atoms with Crippen LogP contribution in [-0.2, 0) is 22.6 Å². The quantitative estimate of drug-likeness (QED) is 0.703. The number of Topliss-reactive ketones (excluding diaryl/α,β-unsaturated/α-hetero) is 1. The van der Waals surface area contributed by atoms with Crippen LogP contribution in [0, 0.1) is 0 Å². The first-order valence-corrected chi connectivity index (χ1v) is 8.81. The van der Waals surface area contributed by atoms with E-state index in [1.807, 2.05) is 28.8 Å². The molecule has 0 spiro atoms. The number of aromatic nitrogens is 3. The lowest BCUT2D eigenvalue weighted by molar-refractivity contribution is -0.123. The number of nitrogens with one attached hydrogen (secondary N) is 1. The van der Waals surface area contributed by atoms with E-state index in [1.165, 1.54) is 0 Å². The van der Waals surface area contributed by atoms with Gasteiger partial charge in [-0.05, 0) is 31.0 Å². The van der Waals surface area contributed by atoms with Crippen LogP contribution in [0.2, 0.25) is 0 Å². The number of hydrogen-bond donors (Lipinski definition) is 1. The Kier molecular flexibility index (Phi) is 7.32. The Morgan fingerprint density at radius 3 is 2.62 bits per heavy atom. The van der Waals surface area contributed by atoms with Crippen LogP contribution < -0.4 is 10.1 Å². The molecule has 0 saturated heterocycles. The van der Waals surface area contributed by atoms with Crippen molar-refractivity contribution < 1.29 is 14.3 Å². The minimum absolute atomic E-state index is 0.0357. The Balaban J connectivity index is 1.70. The molecule has 0 aliphatic carbocycles. The van der Waals surface area contributed by atoms with Gasteiger partial charge in [0.05, 0.1) is 0 Å². The fraction of sp³-hybridized carbons (Fsp3) is 0.474. The first-order chi connectivity index (χ1) is 12.5. The van der Waals surface area contributed by atoms with E-state index in [0.717, 1.165) is 17.8 Å². The molecule has 1 aromatic heterocycles. The second-order valence-corrected chi connectivity index (χ2v) is 6.52. The normalized spacial score (nSPS) is 10.8. The molecule has 7 heteroatoms. The Bertz CT molecular complexity index is 723. The fourth-order valence-corrected chi connectivity index (χ4v) is 2.47. The molecule has 1 N–H and O–H groups in total. The molecule has 1 heterocycles. The highest BCUT2D eigenvalue weighted by atomic mass is 16.5. The number of rotatable bonds is 10. The van der Waals surface area contributed by atoms with E-state index in [9.17, 15) is 9.59 Å². The molecular weight excluding hydrogens is 332 g/mol. The van der Waals surface area contributed by atoms with E-state index in [-0.39, 0.29) is 24.2 Å². The zero-order chi connectivity index (χ0) is 18.9. The van der Waals surface area contributed by atoms with Crippen LogP contribution in [0.25, 0.3) is 0 Å². The van der Waals surface area contributed by atoms with Crippen LogP contribution in [0.15, 0.2) is 30.6 Å². The number of ketones is 1. The van der Waals surface area contributed by atoms with Crippen molar-refractivity contribution in [3.8, 4) is 5.75 Å². The van der Waals surface area contributed by atoms with Crippen molar-refractivity contribution in [2.75, 3.05) is 13.2 Å². The summed E-state index contributed by atoms with van der Waals surface area (Å²) < 4.78 is 7.42. The van der Waals surface area contributed by atoms with Gasteiger partial charge in [-0.15, -0.1) is 10.2 Å². The summed E-state index contributed by atoms with van der Waals surface area (Å²) in [4.78, 5) is 22.9. The van der Waals surface area contributed by atoms with Crippen LogP contribution in [0.1, 0.15) is 44.5 Å². The molecule has 0 saturated carbocycles. The van der Waals surface area contributed by atoms with Gasteiger partial charge in [-0.1, -0.05) is 26.0 Å². The maximum Gasteiger partial charge on any atom is 0.258 e. The zero-order valence-electron chi connectivity index (χ0n) is 15.6. The van der Waals surface area contributed by atoms with E-state index in [1.54, 1.807) is 13.3 Å². The number of carbonyl (C=O) groups is 2. The highest BCUT2D eigenvalue weighted by Crippen LogP contribution is 2.13. The van der Waals surface area contributed by atoms with Crippen LogP contribution in [0.3, 0.4) is 0 Å². The summed E-state index contributed by atoms with van der Waals surface area (Å²) in [5.41, 5.74) is 1.08. The molecule has 0 radical (unpaired) electrons. The molecule has 1 aromatic carbocycles. The lowest BCUT2D eigenvalue weighted by Gasteiger charge is -2.10. The summed E-state index contributed by atoms with van der Waals surface area (Å²) >= 11 is 0. The molecule has 1 amide bonds. The predicted octanol–water partition coefficient (Wildman–Crippen LogP) is 2.12. The van der Waals surface area contributed by atoms with E-state index in [0.29, 0.717) is 25.3 Å². The van der Waals surface area contributed by atoms with Gasteiger partial charge < -0.3 is 19.4 Å². The number of nitrogens with zero attached hydrogens (tertiary/aromatic N) is 3. The standard InChI is InChI=1S/C19H26N4O3/c1-14(2)19-22-21-13-23(19)11-10-20-18(25)12-26-17-8-6-16(7-9-17)5-4-15(3)24/h6-9,13-14H,4-5,10-12H2,1-3H3,(H,20,25). The monoisotopic (exact) mass is 358 g/mol. The van der Waals surface area contributed by atoms with Crippen molar-refractivity contribution in [2.24, 2.45) is 0 Å². The number of benzene rings is 1. The molecule has 0 aliphatic heterocycles. The number of ether oxygens (including phenoxy) is 1. The number of aryl methyl sites for hydroxylation is 1. The number of carbonyl (C=O) groups excluding carboxylic acids is 2. The van der Waals surface area contributed by atoms with E-state index >= 15 is 0 Å². The van der Waals surface area contributed by atoms with Crippen molar-refractivity contribution in [2.45, 2.75) is 46.1 Å². The van der Waals surface area contributed by atoms with Crippen LogP contribution >= 0.6 is 0 Å². The largest absolute Gasteiger partial charge is 0.484 e. The summed E-state index contributed by atoms with van der Waals surface area (Å²) in [5, 5.41) is 10.8. The molecule has 2 aromatic rings. The third-order valence-corrected chi connectivity index (χ3v) is 3.90. The smallest absolute Gasteiger partial charge is 0.258 e. The van der Waals surface area contributed by atoms with Crippen molar-refractivity contribution in [3.05, 3.63) is 42.0 Å². The molecule has 2 rings (SSSR count). The summed E-state index contributed by atoms with van der Waals surface area (Å²) in [5.74, 6) is 1.82. The third-order valence-electron chi connectivity index (χ3n) is 3.90. The minimum Gasteiger partial charge on any atom is -0.484 e. The average molecular weight is 358 g/mol. The Morgan fingerprint density at radius 2 is 1.96 bits per heavy atom. The number of hydrogen-bond acceptors (Lipinski definition) is 5. The minimum atomic E-state index is -0.176.